The van der Waals surface area contributed by atoms with E-state index in [0.717, 1.165) is 43.1 Å². The van der Waals surface area contributed by atoms with Crippen molar-refractivity contribution in [1.29, 1.82) is 0 Å². The first kappa shape index (κ1) is 24.6. The van der Waals surface area contributed by atoms with Crippen molar-refractivity contribution >= 4 is 5.69 Å². The maximum atomic E-state index is 14.0. The van der Waals surface area contributed by atoms with E-state index in [2.05, 4.69) is 39.0 Å². The first-order chi connectivity index (χ1) is 18.0. The van der Waals surface area contributed by atoms with Crippen molar-refractivity contribution in [3.05, 3.63) is 118 Å². The van der Waals surface area contributed by atoms with Crippen LogP contribution in [0.3, 0.4) is 0 Å². The van der Waals surface area contributed by atoms with Gasteiger partial charge in [0.05, 0.1) is 25.3 Å². The Labute approximate surface area is 217 Å². The van der Waals surface area contributed by atoms with Crippen LogP contribution in [-0.4, -0.2) is 52.8 Å². The highest BCUT2D eigenvalue weighted by atomic mass is 16.5. The van der Waals surface area contributed by atoms with Gasteiger partial charge in [-0.1, -0.05) is 36.4 Å². The van der Waals surface area contributed by atoms with E-state index in [0.29, 0.717) is 17.8 Å². The molecule has 0 aliphatic carbocycles. The number of piperazine rings is 1. The van der Waals surface area contributed by atoms with Crippen molar-refractivity contribution in [3.63, 3.8) is 0 Å². The minimum atomic E-state index is -0.392. The van der Waals surface area contributed by atoms with Gasteiger partial charge in [0, 0.05) is 50.0 Å². The van der Waals surface area contributed by atoms with Crippen molar-refractivity contribution in [3.8, 4) is 11.5 Å². The minimum Gasteiger partial charge on any atom is -0.507 e. The zero-order valence-corrected chi connectivity index (χ0v) is 21.2. The smallest absolute Gasteiger partial charge is 0.259 e. The van der Waals surface area contributed by atoms with E-state index in [1.54, 1.807) is 30.1 Å². The van der Waals surface area contributed by atoms with Crippen LogP contribution in [-0.2, 0) is 6.54 Å². The van der Waals surface area contributed by atoms with Gasteiger partial charge in [-0.05, 0) is 54.4 Å². The van der Waals surface area contributed by atoms with E-state index in [-0.39, 0.29) is 11.3 Å². The van der Waals surface area contributed by atoms with Crippen LogP contribution in [0.4, 0.5) is 5.69 Å². The summed E-state index contributed by atoms with van der Waals surface area (Å²) < 4.78 is 7.10. The van der Waals surface area contributed by atoms with E-state index in [4.69, 9.17) is 4.74 Å². The van der Waals surface area contributed by atoms with Gasteiger partial charge in [-0.15, -0.1) is 0 Å². The Morgan fingerprint density at radius 3 is 2.35 bits per heavy atom. The molecule has 1 aliphatic heterocycles. The molecule has 0 bridgehead atoms. The van der Waals surface area contributed by atoms with Gasteiger partial charge in [-0.3, -0.25) is 14.7 Å². The number of aromatic nitrogens is 2. The third-order valence-electron chi connectivity index (χ3n) is 7.09. The molecule has 1 atom stereocenters. The fourth-order valence-electron chi connectivity index (χ4n) is 5.12. The molecular formula is C30H32N4O3. The highest BCUT2D eigenvalue weighted by Gasteiger charge is 2.31. The van der Waals surface area contributed by atoms with E-state index in [1.165, 1.54) is 5.69 Å². The van der Waals surface area contributed by atoms with Gasteiger partial charge in [-0.25, -0.2) is 0 Å². The number of para-hydroxylation sites is 1. The largest absolute Gasteiger partial charge is 0.507 e. The number of benzene rings is 2. The summed E-state index contributed by atoms with van der Waals surface area (Å²) >= 11 is 0. The molecule has 7 heteroatoms. The molecule has 0 amide bonds. The van der Waals surface area contributed by atoms with Gasteiger partial charge in [-0.2, -0.15) is 0 Å². The maximum absolute atomic E-state index is 14.0. The Bertz CT molecular complexity index is 1380. The molecule has 190 valence electrons. The van der Waals surface area contributed by atoms with Crippen LogP contribution < -0.4 is 15.2 Å². The standard InChI is InChI=1S/C30H32N4O3/c1-22-19-27(35)28(30(36)34(22)21-23-7-6-14-31-20-23)29(24-10-12-26(37-2)13-11-24)33-17-15-32(16-18-33)25-8-4-3-5-9-25/h3-14,19-20,29,35H,15-18,21H2,1-2H3. The van der Waals surface area contributed by atoms with E-state index in [9.17, 15) is 9.90 Å². The molecule has 2 aromatic carbocycles. The van der Waals surface area contributed by atoms with Crippen LogP contribution in [0.15, 0.2) is 90.0 Å². The van der Waals surface area contributed by atoms with Gasteiger partial charge >= 0.3 is 0 Å². The number of pyridine rings is 2. The quantitative estimate of drug-likeness (QED) is 0.413. The molecule has 0 spiro atoms. The van der Waals surface area contributed by atoms with Crippen LogP contribution in [0.5, 0.6) is 11.5 Å². The maximum Gasteiger partial charge on any atom is 0.259 e. The number of rotatable bonds is 7. The first-order valence-corrected chi connectivity index (χ1v) is 12.6. The molecule has 7 nitrogen and oxygen atoms in total. The van der Waals surface area contributed by atoms with Crippen LogP contribution in [0.25, 0.3) is 0 Å². The van der Waals surface area contributed by atoms with Gasteiger partial charge in [0.2, 0.25) is 0 Å². The number of aromatic hydroxyl groups is 1. The number of hydrogen-bond acceptors (Lipinski definition) is 6. The molecule has 3 heterocycles. The Kier molecular flexibility index (Phi) is 7.23. The van der Waals surface area contributed by atoms with E-state index < -0.39 is 6.04 Å². The van der Waals surface area contributed by atoms with Crippen molar-refractivity contribution in [2.45, 2.75) is 19.5 Å². The topological polar surface area (TPSA) is 70.8 Å². The highest BCUT2D eigenvalue weighted by Crippen LogP contribution is 2.34. The molecule has 1 fully saturated rings. The lowest BCUT2D eigenvalue weighted by Crippen LogP contribution is -2.49. The van der Waals surface area contributed by atoms with Gasteiger partial charge in [0.15, 0.2) is 0 Å². The molecule has 0 saturated carbocycles. The van der Waals surface area contributed by atoms with Crippen molar-refractivity contribution in [1.82, 2.24) is 14.5 Å². The second-order valence-electron chi connectivity index (χ2n) is 9.37. The van der Waals surface area contributed by atoms with Gasteiger partial charge in [0.25, 0.3) is 5.56 Å². The van der Waals surface area contributed by atoms with E-state index >= 15 is 0 Å². The summed E-state index contributed by atoms with van der Waals surface area (Å²) in [7, 11) is 1.64. The van der Waals surface area contributed by atoms with Crippen LogP contribution in [0.2, 0.25) is 0 Å². The predicted octanol–water partition coefficient (Wildman–Crippen LogP) is 4.23. The zero-order valence-electron chi connectivity index (χ0n) is 21.2. The lowest BCUT2D eigenvalue weighted by Gasteiger charge is -2.40. The second kappa shape index (κ2) is 10.9. The molecule has 2 aromatic heterocycles. The third-order valence-corrected chi connectivity index (χ3v) is 7.09. The average molecular weight is 497 g/mol. The normalized spacial score (nSPS) is 14.9. The number of ether oxygens (including phenoxy) is 1. The molecular weight excluding hydrogens is 464 g/mol. The molecule has 5 rings (SSSR count). The Hall–Kier alpha value is -4.10. The van der Waals surface area contributed by atoms with Crippen LogP contribution in [0, 0.1) is 6.92 Å². The van der Waals surface area contributed by atoms with E-state index in [1.807, 2.05) is 49.4 Å². The molecule has 1 aliphatic rings. The van der Waals surface area contributed by atoms with Crippen molar-refractivity contribution in [2.24, 2.45) is 0 Å². The summed E-state index contributed by atoms with van der Waals surface area (Å²) in [6.45, 7) is 5.40. The number of nitrogens with zero attached hydrogens (tertiary/aromatic N) is 4. The molecule has 1 N–H and O–H groups in total. The summed E-state index contributed by atoms with van der Waals surface area (Å²) in [5.41, 5.74) is 3.98. The molecule has 1 saturated heterocycles. The molecule has 1 unspecified atom stereocenters. The minimum absolute atomic E-state index is 0.0243. The number of anilines is 1. The number of methoxy groups -OCH3 is 1. The second-order valence-corrected chi connectivity index (χ2v) is 9.37. The fourth-order valence-corrected chi connectivity index (χ4v) is 5.12. The van der Waals surface area contributed by atoms with Crippen molar-refractivity contribution in [2.75, 3.05) is 38.2 Å². The fraction of sp³-hybridized carbons (Fsp3) is 0.267. The summed E-state index contributed by atoms with van der Waals surface area (Å²) in [6, 6.07) is 23.3. The summed E-state index contributed by atoms with van der Waals surface area (Å²) in [5, 5.41) is 11.2. The van der Waals surface area contributed by atoms with Gasteiger partial charge in [0.1, 0.15) is 11.5 Å². The Morgan fingerprint density at radius 1 is 0.973 bits per heavy atom. The highest BCUT2D eigenvalue weighted by molar-refractivity contribution is 5.47. The average Bonchev–Trinajstić information content (AvgIpc) is 2.94. The predicted molar refractivity (Wildman–Crippen MR) is 146 cm³/mol. The Morgan fingerprint density at radius 2 is 1.70 bits per heavy atom. The number of aryl methyl sites for hydroxylation is 1. The summed E-state index contributed by atoms with van der Waals surface area (Å²) in [6.07, 6.45) is 3.48. The Balaban J connectivity index is 1.54. The first-order valence-electron chi connectivity index (χ1n) is 12.6. The van der Waals surface area contributed by atoms with Crippen LogP contribution >= 0.6 is 0 Å². The zero-order chi connectivity index (χ0) is 25.8. The van der Waals surface area contributed by atoms with Crippen LogP contribution in [0.1, 0.15) is 28.4 Å². The summed E-state index contributed by atoms with van der Waals surface area (Å²) in [5.74, 6) is 0.773. The lowest BCUT2D eigenvalue weighted by atomic mass is 9.95. The molecule has 4 aromatic rings. The monoisotopic (exact) mass is 496 g/mol. The lowest BCUT2D eigenvalue weighted by molar-refractivity contribution is 0.207. The summed E-state index contributed by atoms with van der Waals surface area (Å²) in [4.78, 5) is 22.8. The SMILES string of the molecule is COc1ccc(C(c2c(O)cc(C)n(Cc3cccnc3)c2=O)N2CCN(c3ccccc3)CC2)cc1. The third kappa shape index (κ3) is 5.22. The van der Waals surface area contributed by atoms with Crippen molar-refractivity contribution < 1.29 is 9.84 Å². The molecule has 0 radical (unpaired) electrons. The number of hydrogen-bond donors (Lipinski definition) is 1. The van der Waals surface area contributed by atoms with Gasteiger partial charge < -0.3 is 19.3 Å². The molecule has 37 heavy (non-hydrogen) atoms.